The van der Waals surface area contributed by atoms with Crippen molar-refractivity contribution in [2.45, 2.75) is 6.92 Å². The van der Waals surface area contributed by atoms with E-state index >= 15 is 0 Å². The molecule has 76 valence electrons. The van der Waals surface area contributed by atoms with Crippen molar-refractivity contribution in [3.05, 3.63) is 52.3 Å². The molecule has 2 rings (SSSR count). The second kappa shape index (κ2) is 3.53. The van der Waals surface area contributed by atoms with Gasteiger partial charge in [-0.3, -0.25) is 10.1 Å². The van der Waals surface area contributed by atoms with Gasteiger partial charge >= 0.3 is 5.69 Å². The molecule has 0 spiro atoms. The number of rotatable bonds is 2. The summed E-state index contributed by atoms with van der Waals surface area (Å²) >= 11 is 0. The van der Waals surface area contributed by atoms with E-state index in [1.807, 2.05) is 31.2 Å². The molecule has 0 saturated heterocycles. The standard InChI is InChI=1S/C10H9N3O2/c1-8-2-4-9(5-3-8)12-7-10(6-11-12)13(14)15/h2-7H,1H3. The molecule has 0 bridgehead atoms. The molecular formula is C10H9N3O2. The van der Waals surface area contributed by atoms with Crippen molar-refractivity contribution < 1.29 is 4.92 Å². The van der Waals surface area contributed by atoms with Crippen LogP contribution in [0.4, 0.5) is 5.69 Å². The fourth-order valence-electron chi connectivity index (χ4n) is 1.25. The lowest BCUT2D eigenvalue weighted by Gasteiger charge is -1.99. The Balaban J connectivity index is 2.37. The predicted molar refractivity (Wildman–Crippen MR) is 55.0 cm³/mol. The van der Waals surface area contributed by atoms with Crippen molar-refractivity contribution in [3.8, 4) is 5.69 Å². The normalized spacial score (nSPS) is 10.2. The summed E-state index contributed by atoms with van der Waals surface area (Å²) in [4.78, 5) is 9.99. The molecule has 2 aromatic rings. The Bertz CT molecular complexity index is 488. The van der Waals surface area contributed by atoms with Gasteiger partial charge in [0, 0.05) is 0 Å². The van der Waals surface area contributed by atoms with Gasteiger partial charge in [0.05, 0.1) is 10.6 Å². The van der Waals surface area contributed by atoms with E-state index in [0.29, 0.717) is 0 Å². The van der Waals surface area contributed by atoms with Gasteiger partial charge in [0.1, 0.15) is 12.4 Å². The maximum atomic E-state index is 10.5. The third kappa shape index (κ3) is 1.85. The minimum Gasteiger partial charge on any atom is -0.258 e. The third-order valence-electron chi connectivity index (χ3n) is 2.08. The topological polar surface area (TPSA) is 61.0 Å². The first-order valence-corrected chi connectivity index (χ1v) is 4.43. The number of aryl methyl sites for hydroxylation is 1. The number of nitro groups is 1. The van der Waals surface area contributed by atoms with Gasteiger partial charge in [-0.15, -0.1) is 0 Å². The third-order valence-corrected chi connectivity index (χ3v) is 2.08. The maximum Gasteiger partial charge on any atom is 0.307 e. The monoisotopic (exact) mass is 203 g/mol. The zero-order valence-corrected chi connectivity index (χ0v) is 8.12. The van der Waals surface area contributed by atoms with Crippen molar-refractivity contribution in [1.29, 1.82) is 0 Å². The molecule has 0 aliphatic carbocycles. The lowest BCUT2D eigenvalue weighted by Crippen LogP contribution is -1.93. The Morgan fingerprint density at radius 2 is 2.00 bits per heavy atom. The minimum atomic E-state index is -0.461. The fourth-order valence-corrected chi connectivity index (χ4v) is 1.25. The van der Waals surface area contributed by atoms with Gasteiger partial charge in [-0.1, -0.05) is 17.7 Å². The Kier molecular flexibility index (Phi) is 2.21. The van der Waals surface area contributed by atoms with Gasteiger partial charge in [-0.05, 0) is 19.1 Å². The van der Waals surface area contributed by atoms with Crippen molar-refractivity contribution >= 4 is 5.69 Å². The average Bonchev–Trinajstić information content (AvgIpc) is 2.68. The van der Waals surface area contributed by atoms with Crippen molar-refractivity contribution in [1.82, 2.24) is 9.78 Å². The zero-order chi connectivity index (χ0) is 10.8. The summed E-state index contributed by atoms with van der Waals surface area (Å²) in [5.41, 5.74) is 1.95. The lowest BCUT2D eigenvalue weighted by molar-refractivity contribution is -0.384. The molecule has 0 aliphatic rings. The first kappa shape index (κ1) is 9.39. The highest BCUT2D eigenvalue weighted by Gasteiger charge is 2.09. The zero-order valence-electron chi connectivity index (χ0n) is 8.12. The summed E-state index contributed by atoms with van der Waals surface area (Å²) in [5.74, 6) is 0. The van der Waals surface area contributed by atoms with Crippen LogP contribution in [-0.2, 0) is 0 Å². The van der Waals surface area contributed by atoms with E-state index in [1.54, 1.807) is 0 Å². The summed E-state index contributed by atoms with van der Waals surface area (Å²) in [6.07, 6.45) is 2.63. The Hall–Kier alpha value is -2.17. The van der Waals surface area contributed by atoms with Crippen LogP contribution >= 0.6 is 0 Å². The van der Waals surface area contributed by atoms with Crippen LogP contribution in [0.2, 0.25) is 0 Å². The average molecular weight is 203 g/mol. The highest BCUT2D eigenvalue weighted by molar-refractivity contribution is 5.36. The number of hydrogen-bond donors (Lipinski definition) is 0. The molecule has 1 heterocycles. The highest BCUT2D eigenvalue weighted by Crippen LogP contribution is 2.13. The first-order valence-electron chi connectivity index (χ1n) is 4.43. The molecule has 15 heavy (non-hydrogen) atoms. The fraction of sp³-hybridized carbons (Fsp3) is 0.100. The summed E-state index contributed by atoms with van der Waals surface area (Å²) in [6.45, 7) is 1.98. The second-order valence-corrected chi connectivity index (χ2v) is 3.24. The number of benzene rings is 1. The van der Waals surface area contributed by atoms with E-state index in [4.69, 9.17) is 0 Å². The number of aromatic nitrogens is 2. The van der Waals surface area contributed by atoms with Gasteiger partial charge in [-0.2, -0.15) is 5.10 Å². The second-order valence-electron chi connectivity index (χ2n) is 3.24. The van der Waals surface area contributed by atoms with Crippen molar-refractivity contribution in [2.75, 3.05) is 0 Å². The predicted octanol–water partition coefficient (Wildman–Crippen LogP) is 2.09. The van der Waals surface area contributed by atoms with E-state index < -0.39 is 4.92 Å². The molecule has 0 saturated carbocycles. The Labute approximate surface area is 86.1 Å². The van der Waals surface area contributed by atoms with Crippen LogP contribution in [0.5, 0.6) is 0 Å². The lowest BCUT2D eigenvalue weighted by atomic mass is 10.2. The van der Waals surface area contributed by atoms with Crippen LogP contribution < -0.4 is 0 Å². The van der Waals surface area contributed by atoms with E-state index in [2.05, 4.69) is 5.10 Å². The molecule has 1 aromatic carbocycles. The summed E-state index contributed by atoms with van der Waals surface area (Å²) < 4.78 is 1.48. The summed E-state index contributed by atoms with van der Waals surface area (Å²) in [7, 11) is 0. The smallest absolute Gasteiger partial charge is 0.258 e. The molecule has 1 aromatic heterocycles. The van der Waals surface area contributed by atoms with E-state index in [9.17, 15) is 10.1 Å². The molecule has 0 unspecified atom stereocenters. The van der Waals surface area contributed by atoms with Gasteiger partial charge in [0.25, 0.3) is 0 Å². The first-order chi connectivity index (χ1) is 7.16. The minimum absolute atomic E-state index is 0.00410. The Morgan fingerprint density at radius 3 is 2.53 bits per heavy atom. The maximum absolute atomic E-state index is 10.5. The summed E-state index contributed by atoms with van der Waals surface area (Å²) in [5, 5.41) is 14.4. The van der Waals surface area contributed by atoms with Gasteiger partial charge in [-0.25, -0.2) is 4.68 Å². The van der Waals surface area contributed by atoms with Crippen molar-refractivity contribution in [2.24, 2.45) is 0 Å². The molecule has 0 amide bonds. The molecule has 0 atom stereocenters. The number of nitrogens with zero attached hydrogens (tertiary/aromatic N) is 3. The van der Waals surface area contributed by atoms with Crippen LogP contribution in [-0.4, -0.2) is 14.7 Å². The van der Waals surface area contributed by atoms with E-state index in [0.717, 1.165) is 11.3 Å². The van der Waals surface area contributed by atoms with Crippen LogP contribution in [0, 0.1) is 17.0 Å². The molecule has 5 heteroatoms. The number of hydrogen-bond acceptors (Lipinski definition) is 3. The van der Waals surface area contributed by atoms with Crippen molar-refractivity contribution in [3.63, 3.8) is 0 Å². The SMILES string of the molecule is Cc1ccc(-n2cc([N+](=O)[O-])cn2)cc1. The largest absolute Gasteiger partial charge is 0.307 e. The van der Waals surface area contributed by atoms with E-state index in [-0.39, 0.29) is 5.69 Å². The van der Waals surface area contributed by atoms with Gasteiger partial charge in [0.2, 0.25) is 0 Å². The molecule has 0 N–H and O–H groups in total. The van der Waals surface area contributed by atoms with Crippen LogP contribution in [0.15, 0.2) is 36.7 Å². The van der Waals surface area contributed by atoms with Gasteiger partial charge < -0.3 is 0 Å². The summed E-state index contributed by atoms with van der Waals surface area (Å²) in [6, 6.07) is 7.60. The molecule has 5 nitrogen and oxygen atoms in total. The molecular weight excluding hydrogens is 194 g/mol. The molecule has 0 radical (unpaired) electrons. The van der Waals surface area contributed by atoms with Crippen LogP contribution in [0.3, 0.4) is 0 Å². The highest BCUT2D eigenvalue weighted by atomic mass is 16.6. The molecule has 0 fully saturated rings. The van der Waals surface area contributed by atoms with E-state index in [1.165, 1.54) is 17.1 Å². The quantitative estimate of drug-likeness (QED) is 0.554. The van der Waals surface area contributed by atoms with Crippen LogP contribution in [0.1, 0.15) is 5.56 Å². The van der Waals surface area contributed by atoms with Gasteiger partial charge in [0.15, 0.2) is 0 Å². The van der Waals surface area contributed by atoms with Crippen LogP contribution in [0.25, 0.3) is 5.69 Å². The molecule has 0 aliphatic heterocycles. The Morgan fingerprint density at radius 1 is 1.33 bits per heavy atom.